The summed E-state index contributed by atoms with van der Waals surface area (Å²) >= 11 is 0. The molecular weight excluding hydrogens is 296 g/mol. The molecule has 0 aromatic carbocycles. The van der Waals surface area contributed by atoms with Crippen LogP contribution in [0.4, 0.5) is 4.79 Å². The fraction of sp³-hybridized carbons (Fsp3) is 0.812. The van der Waals surface area contributed by atoms with Gasteiger partial charge in [0, 0.05) is 19.6 Å². The van der Waals surface area contributed by atoms with Crippen molar-refractivity contribution in [2.24, 2.45) is 17.1 Å². The standard InChI is InChI=1S/C16H28N4O3/c1-4-16(5-2,10-17)13(22)20-8-6-11(7-9-20)15(3)12(21)18-14(23)19-15/h11H,4-10,17H2,1-3H3,(H2,18,19,21,23). The fourth-order valence-corrected chi connectivity index (χ4v) is 3.77. The molecule has 0 radical (unpaired) electrons. The summed E-state index contributed by atoms with van der Waals surface area (Å²) in [6.07, 6.45) is 2.86. The lowest BCUT2D eigenvalue weighted by atomic mass is 9.77. The summed E-state index contributed by atoms with van der Waals surface area (Å²) < 4.78 is 0. The Balaban J connectivity index is 2.03. The molecule has 0 bridgehead atoms. The van der Waals surface area contributed by atoms with E-state index in [1.165, 1.54) is 0 Å². The second-order valence-corrected chi connectivity index (χ2v) is 6.87. The number of hydrogen-bond acceptors (Lipinski definition) is 4. The summed E-state index contributed by atoms with van der Waals surface area (Å²) in [6.45, 7) is 7.32. The van der Waals surface area contributed by atoms with Gasteiger partial charge < -0.3 is 16.0 Å². The maximum absolute atomic E-state index is 12.8. The highest BCUT2D eigenvalue weighted by molar-refractivity contribution is 6.07. The highest BCUT2D eigenvalue weighted by Gasteiger charge is 2.49. The summed E-state index contributed by atoms with van der Waals surface area (Å²) in [5, 5.41) is 5.04. The Hall–Kier alpha value is -1.63. The van der Waals surface area contributed by atoms with E-state index in [1.54, 1.807) is 6.92 Å². The average molecular weight is 324 g/mol. The van der Waals surface area contributed by atoms with Crippen molar-refractivity contribution in [3.8, 4) is 0 Å². The highest BCUT2D eigenvalue weighted by Crippen LogP contribution is 2.34. The number of hydrogen-bond donors (Lipinski definition) is 3. The molecule has 2 fully saturated rings. The van der Waals surface area contributed by atoms with Crippen LogP contribution in [-0.4, -0.2) is 47.9 Å². The van der Waals surface area contributed by atoms with E-state index in [0.29, 0.717) is 32.5 Å². The summed E-state index contributed by atoms with van der Waals surface area (Å²) in [5.74, 6) is -0.118. The van der Waals surface area contributed by atoms with Gasteiger partial charge in [0.05, 0.1) is 5.41 Å². The summed E-state index contributed by atoms with van der Waals surface area (Å²) in [5.41, 5.74) is 4.52. The Morgan fingerprint density at radius 1 is 1.30 bits per heavy atom. The van der Waals surface area contributed by atoms with E-state index in [2.05, 4.69) is 10.6 Å². The third kappa shape index (κ3) is 2.94. The zero-order chi connectivity index (χ0) is 17.3. The Kier molecular flexibility index (Phi) is 4.98. The third-order valence-corrected chi connectivity index (χ3v) is 5.87. The van der Waals surface area contributed by atoms with Gasteiger partial charge in [-0.25, -0.2) is 4.79 Å². The van der Waals surface area contributed by atoms with Crippen molar-refractivity contribution in [3.63, 3.8) is 0 Å². The average Bonchev–Trinajstić information content (AvgIpc) is 2.83. The van der Waals surface area contributed by atoms with E-state index in [0.717, 1.165) is 12.8 Å². The van der Waals surface area contributed by atoms with E-state index >= 15 is 0 Å². The lowest BCUT2D eigenvalue weighted by Gasteiger charge is -2.42. The van der Waals surface area contributed by atoms with Gasteiger partial charge in [-0.1, -0.05) is 13.8 Å². The SMILES string of the molecule is CCC(CC)(CN)C(=O)N1CCC(C2(C)NC(=O)NC2=O)CC1. The van der Waals surface area contributed by atoms with Crippen LogP contribution in [0.15, 0.2) is 0 Å². The van der Waals surface area contributed by atoms with Crippen molar-refractivity contribution < 1.29 is 14.4 Å². The highest BCUT2D eigenvalue weighted by atomic mass is 16.2. The van der Waals surface area contributed by atoms with E-state index in [1.807, 2.05) is 18.7 Å². The normalized spacial score (nSPS) is 26.2. The molecule has 7 nitrogen and oxygen atoms in total. The predicted molar refractivity (Wildman–Crippen MR) is 86.5 cm³/mol. The molecule has 2 saturated heterocycles. The van der Waals surface area contributed by atoms with Crippen molar-refractivity contribution in [2.75, 3.05) is 19.6 Å². The molecule has 0 spiro atoms. The Bertz CT molecular complexity index is 487. The van der Waals surface area contributed by atoms with Gasteiger partial charge >= 0.3 is 6.03 Å². The summed E-state index contributed by atoms with van der Waals surface area (Å²) in [4.78, 5) is 38.1. The molecule has 130 valence electrons. The van der Waals surface area contributed by atoms with Crippen LogP contribution in [0.5, 0.6) is 0 Å². The van der Waals surface area contributed by atoms with Gasteiger partial charge in [-0.05, 0) is 38.5 Å². The molecule has 0 saturated carbocycles. The van der Waals surface area contributed by atoms with Crippen molar-refractivity contribution in [3.05, 3.63) is 0 Å². The minimum atomic E-state index is -0.868. The molecule has 7 heteroatoms. The zero-order valence-corrected chi connectivity index (χ0v) is 14.3. The van der Waals surface area contributed by atoms with Crippen LogP contribution in [0.2, 0.25) is 0 Å². The fourth-order valence-electron chi connectivity index (χ4n) is 3.77. The molecule has 0 aliphatic carbocycles. The molecule has 4 N–H and O–H groups in total. The number of nitrogens with two attached hydrogens (primary N) is 1. The zero-order valence-electron chi connectivity index (χ0n) is 14.3. The second kappa shape index (κ2) is 6.47. The smallest absolute Gasteiger partial charge is 0.322 e. The Morgan fingerprint density at radius 2 is 1.87 bits per heavy atom. The van der Waals surface area contributed by atoms with Gasteiger partial charge in [0.1, 0.15) is 5.54 Å². The van der Waals surface area contributed by atoms with Gasteiger partial charge in [0.15, 0.2) is 0 Å². The molecule has 0 aromatic rings. The lowest BCUT2D eigenvalue weighted by molar-refractivity contribution is -0.144. The van der Waals surface area contributed by atoms with Gasteiger partial charge in [0.25, 0.3) is 5.91 Å². The largest absolute Gasteiger partial charge is 0.342 e. The number of likely N-dealkylation sites (tertiary alicyclic amines) is 1. The molecule has 1 atom stereocenters. The first kappa shape index (κ1) is 17.7. The molecule has 2 rings (SSSR count). The lowest BCUT2D eigenvalue weighted by Crippen LogP contribution is -2.56. The van der Waals surface area contributed by atoms with Crippen molar-refractivity contribution >= 4 is 17.8 Å². The number of rotatable bonds is 5. The van der Waals surface area contributed by atoms with E-state index in [-0.39, 0.29) is 17.7 Å². The van der Waals surface area contributed by atoms with Gasteiger partial charge in [-0.3, -0.25) is 14.9 Å². The van der Waals surface area contributed by atoms with Crippen LogP contribution in [0.1, 0.15) is 46.5 Å². The number of urea groups is 1. The van der Waals surface area contributed by atoms with Gasteiger partial charge in [-0.2, -0.15) is 0 Å². The van der Waals surface area contributed by atoms with Crippen LogP contribution in [0, 0.1) is 11.3 Å². The molecular formula is C16H28N4O3. The summed E-state index contributed by atoms with van der Waals surface area (Å²) in [7, 11) is 0. The first-order chi connectivity index (χ1) is 10.8. The van der Waals surface area contributed by atoms with Gasteiger partial charge in [-0.15, -0.1) is 0 Å². The van der Waals surface area contributed by atoms with Crippen molar-refractivity contribution in [1.29, 1.82) is 0 Å². The monoisotopic (exact) mass is 324 g/mol. The number of carbonyl (C=O) groups excluding carboxylic acids is 3. The number of nitrogens with one attached hydrogen (secondary N) is 2. The topological polar surface area (TPSA) is 105 Å². The van der Waals surface area contributed by atoms with Crippen molar-refractivity contribution in [1.82, 2.24) is 15.5 Å². The number of piperidine rings is 1. The molecule has 0 aromatic heterocycles. The molecule has 1 unspecified atom stereocenters. The number of nitrogens with zero attached hydrogens (tertiary/aromatic N) is 1. The maximum atomic E-state index is 12.8. The van der Waals surface area contributed by atoms with Crippen molar-refractivity contribution in [2.45, 2.75) is 52.0 Å². The number of imide groups is 1. The Labute approximate surface area is 137 Å². The summed E-state index contributed by atoms with van der Waals surface area (Å²) in [6, 6.07) is -0.435. The molecule has 2 aliphatic rings. The second-order valence-electron chi connectivity index (χ2n) is 6.87. The number of amides is 4. The molecule has 23 heavy (non-hydrogen) atoms. The predicted octanol–water partition coefficient (Wildman–Crippen LogP) is 0.588. The van der Waals surface area contributed by atoms with E-state index in [4.69, 9.17) is 5.73 Å². The minimum Gasteiger partial charge on any atom is -0.342 e. The van der Waals surface area contributed by atoms with Gasteiger partial charge in [0.2, 0.25) is 5.91 Å². The first-order valence-electron chi connectivity index (χ1n) is 8.46. The van der Waals surface area contributed by atoms with Crippen LogP contribution in [0.3, 0.4) is 0 Å². The first-order valence-corrected chi connectivity index (χ1v) is 8.46. The quantitative estimate of drug-likeness (QED) is 0.644. The van der Waals surface area contributed by atoms with E-state index in [9.17, 15) is 14.4 Å². The number of carbonyl (C=O) groups is 3. The molecule has 2 aliphatic heterocycles. The maximum Gasteiger partial charge on any atom is 0.322 e. The molecule has 2 heterocycles. The van der Waals surface area contributed by atoms with Crippen LogP contribution in [-0.2, 0) is 9.59 Å². The van der Waals surface area contributed by atoms with Crippen LogP contribution < -0.4 is 16.4 Å². The molecule has 4 amide bonds. The van der Waals surface area contributed by atoms with Crippen LogP contribution >= 0.6 is 0 Å². The Morgan fingerprint density at radius 3 is 2.26 bits per heavy atom. The van der Waals surface area contributed by atoms with Crippen LogP contribution in [0.25, 0.3) is 0 Å². The third-order valence-electron chi connectivity index (χ3n) is 5.87. The minimum absolute atomic E-state index is 0.0357. The van der Waals surface area contributed by atoms with E-state index < -0.39 is 17.0 Å².